The van der Waals surface area contributed by atoms with E-state index in [0.29, 0.717) is 12.5 Å². The Morgan fingerprint density at radius 3 is 3.07 bits per heavy atom. The molecule has 0 unspecified atom stereocenters. The highest BCUT2D eigenvalue weighted by atomic mass is 16.5. The molecule has 1 heterocycles. The van der Waals surface area contributed by atoms with E-state index in [9.17, 15) is 4.79 Å². The maximum atomic E-state index is 10.9. The van der Waals surface area contributed by atoms with Crippen molar-refractivity contribution in [3.05, 3.63) is 0 Å². The summed E-state index contributed by atoms with van der Waals surface area (Å²) >= 11 is 0. The Bertz CT molecular complexity index is 178. The van der Waals surface area contributed by atoms with Gasteiger partial charge in [0.1, 0.15) is 0 Å². The van der Waals surface area contributed by atoms with Gasteiger partial charge >= 0.3 is 5.97 Å². The first-order valence-electron chi connectivity index (χ1n) is 5.14. The lowest BCUT2D eigenvalue weighted by molar-refractivity contribution is -0.141. The third kappa shape index (κ3) is 4.07. The summed E-state index contributed by atoms with van der Waals surface area (Å²) in [6, 6.07) is 0.159. The molecular formula is C10H19NO3. The summed E-state index contributed by atoms with van der Waals surface area (Å²) in [5.41, 5.74) is 0. The largest absolute Gasteiger partial charge is 0.469 e. The summed E-state index contributed by atoms with van der Waals surface area (Å²) in [5, 5.41) is 3.26. The molecule has 0 aromatic carbocycles. The maximum Gasteiger partial charge on any atom is 0.307 e. The lowest BCUT2D eigenvalue weighted by Gasteiger charge is -2.15. The van der Waals surface area contributed by atoms with Crippen LogP contribution in [0.2, 0.25) is 0 Å². The smallest absolute Gasteiger partial charge is 0.307 e. The monoisotopic (exact) mass is 201 g/mol. The van der Waals surface area contributed by atoms with E-state index in [2.05, 4.69) is 10.1 Å². The number of carbonyl (C=O) groups excluding carboxylic acids is 1. The molecule has 82 valence electrons. The van der Waals surface area contributed by atoms with Gasteiger partial charge in [-0.2, -0.15) is 0 Å². The molecule has 0 aromatic heterocycles. The van der Waals surface area contributed by atoms with Gasteiger partial charge in [0.15, 0.2) is 0 Å². The minimum absolute atomic E-state index is 0.159. The van der Waals surface area contributed by atoms with Crippen LogP contribution in [-0.2, 0) is 14.3 Å². The fourth-order valence-corrected chi connectivity index (χ4v) is 1.54. The molecule has 0 saturated carbocycles. The van der Waals surface area contributed by atoms with E-state index in [4.69, 9.17) is 4.74 Å². The fraction of sp³-hybridized carbons (Fsp3) is 0.900. The molecule has 0 bridgehead atoms. The zero-order valence-electron chi connectivity index (χ0n) is 8.91. The lowest BCUT2D eigenvalue weighted by atomic mass is 10.2. The number of hydrogen-bond acceptors (Lipinski definition) is 4. The lowest BCUT2D eigenvalue weighted by Crippen LogP contribution is -2.35. The van der Waals surface area contributed by atoms with Crippen molar-refractivity contribution < 1.29 is 14.3 Å². The van der Waals surface area contributed by atoms with Gasteiger partial charge in [0, 0.05) is 19.2 Å². The molecule has 4 nitrogen and oxygen atoms in total. The van der Waals surface area contributed by atoms with E-state index in [0.717, 1.165) is 26.0 Å². The van der Waals surface area contributed by atoms with Gasteiger partial charge in [-0.25, -0.2) is 0 Å². The quantitative estimate of drug-likeness (QED) is 0.665. The second-order valence-electron chi connectivity index (χ2n) is 3.72. The molecule has 0 spiro atoms. The van der Waals surface area contributed by atoms with Gasteiger partial charge in [-0.05, 0) is 19.8 Å². The number of methoxy groups -OCH3 is 1. The van der Waals surface area contributed by atoms with Gasteiger partial charge < -0.3 is 14.8 Å². The summed E-state index contributed by atoms with van der Waals surface area (Å²) in [6.07, 6.45) is 3.02. The molecule has 1 rings (SSSR count). The van der Waals surface area contributed by atoms with Crippen molar-refractivity contribution in [1.82, 2.24) is 5.32 Å². The fourth-order valence-electron chi connectivity index (χ4n) is 1.54. The molecule has 0 radical (unpaired) electrons. The van der Waals surface area contributed by atoms with Crippen molar-refractivity contribution in [2.75, 3.05) is 20.3 Å². The zero-order chi connectivity index (χ0) is 10.4. The number of nitrogens with one attached hydrogen (secondary N) is 1. The predicted molar refractivity (Wildman–Crippen MR) is 53.1 cm³/mol. The Morgan fingerprint density at radius 2 is 2.50 bits per heavy atom. The third-order valence-corrected chi connectivity index (χ3v) is 2.42. The van der Waals surface area contributed by atoms with Crippen molar-refractivity contribution in [1.29, 1.82) is 0 Å². The number of carbonyl (C=O) groups is 1. The summed E-state index contributed by atoms with van der Waals surface area (Å²) in [7, 11) is 1.41. The topological polar surface area (TPSA) is 47.6 Å². The molecule has 1 aliphatic rings. The van der Waals surface area contributed by atoms with Crippen molar-refractivity contribution >= 4 is 5.97 Å². The van der Waals surface area contributed by atoms with Crippen molar-refractivity contribution in [3.63, 3.8) is 0 Å². The third-order valence-electron chi connectivity index (χ3n) is 2.42. The first kappa shape index (κ1) is 11.5. The summed E-state index contributed by atoms with van der Waals surface area (Å²) in [6.45, 7) is 3.68. The normalized spacial score (nSPS) is 23.4. The molecule has 0 amide bonds. The molecule has 1 saturated heterocycles. The summed E-state index contributed by atoms with van der Waals surface area (Å²) in [4.78, 5) is 10.9. The molecule has 1 aliphatic heterocycles. The van der Waals surface area contributed by atoms with Crippen LogP contribution in [0.25, 0.3) is 0 Å². The Morgan fingerprint density at radius 1 is 1.71 bits per heavy atom. The Balaban J connectivity index is 2.07. The molecular weight excluding hydrogens is 182 g/mol. The molecule has 4 heteroatoms. The number of esters is 1. The maximum absolute atomic E-state index is 10.9. The van der Waals surface area contributed by atoms with Crippen LogP contribution < -0.4 is 5.32 Å². The predicted octanol–water partition coefficient (Wildman–Crippen LogP) is 0.707. The number of rotatable bonds is 5. The van der Waals surface area contributed by atoms with Crippen LogP contribution in [0.5, 0.6) is 0 Å². The van der Waals surface area contributed by atoms with E-state index >= 15 is 0 Å². The van der Waals surface area contributed by atoms with Crippen LogP contribution in [0, 0.1) is 0 Å². The Labute approximate surface area is 85.0 Å². The Kier molecular flexibility index (Phi) is 4.90. The van der Waals surface area contributed by atoms with Gasteiger partial charge in [-0.3, -0.25) is 4.79 Å². The van der Waals surface area contributed by atoms with Crippen molar-refractivity contribution in [2.45, 2.75) is 38.3 Å². The second-order valence-corrected chi connectivity index (χ2v) is 3.72. The van der Waals surface area contributed by atoms with Gasteiger partial charge in [0.2, 0.25) is 0 Å². The standard InChI is InChI=1S/C10H19NO3/c1-8(6-10(12)13-2)11-7-9-4-3-5-14-9/h8-9,11H,3-7H2,1-2H3/t8-,9-/m1/s1. The first-order valence-corrected chi connectivity index (χ1v) is 5.14. The highest BCUT2D eigenvalue weighted by Crippen LogP contribution is 2.10. The first-order chi connectivity index (χ1) is 6.72. The van der Waals surface area contributed by atoms with Crippen molar-refractivity contribution in [2.24, 2.45) is 0 Å². The van der Waals surface area contributed by atoms with Crippen LogP contribution in [-0.4, -0.2) is 38.4 Å². The average Bonchev–Trinajstić information content (AvgIpc) is 2.67. The van der Waals surface area contributed by atoms with Gasteiger partial charge in [0.25, 0.3) is 0 Å². The zero-order valence-corrected chi connectivity index (χ0v) is 8.91. The highest BCUT2D eigenvalue weighted by Gasteiger charge is 2.16. The average molecular weight is 201 g/mol. The van der Waals surface area contributed by atoms with Crippen LogP contribution in [0.4, 0.5) is 0 Å². The van der Waals surface area contributed by atoms with Crippen molar-refractivity contribution in [3.8, 4) is 0 Å². The Hall–Kier alpha value is -0.610. The minimum atomic E-state index is -0.169. The van der Waals surface area contributed by atoms with Crippen LogP contribution in [0.3, 0.4) is 0 Å². The molecule has 1 N–H and O–H groups in total. The van der Waals surface area contributed by atoms with E-state index < -0.39 is 0 Å². The summed E-state index contributed by atoms with van der Waals surface area (Å²) in [5.74, 6) is -0.169. The minimum Gasteiger partial charge on any atom is -0.469 e. The van der Waals surface area contributed by atoms with Gasteiger partial charge in [0.05, 0.1) is 19.6 Å². The van der Waals surface area contributed by atoms with E-state index in [-0.39, 0.29) is 12.0 Å². The van der Waals surface area contributed by atoms with E-state index in [1.165, 1.54) is 7.11 Å². The summed E-state index contributed by atoms with van der Waals surface area (Å²) < 4.78 is 10.0. The van der Waals surface area contributed by atoms with Gasteiger partial charge in [-0.15, -0.1) is 0 Å². The molecule has 1 fully saturated rings. The van der Waals surface area contributed by atoms with Gasteiger partial charge in [-0.1, -0.05) is 0 Å². The second kappa shape index (κ2) is 5.98. The molecule has 2 atom stereocenters. The van der Waals surface area contributed by atoms with Crippen LogP contribution >= 0.6 is 0 Å². The number of ether oxygens (including phenoxy) is 2. The number of hydrogen-bond donors (Lipinski definition) is 1. The molecule has 14 heavy (non-hydrogen) atoms. The van der Waals surface area contributed by atoms with E-state index in [1.807, 2.05) is 6.92 Å². The van der Waals surface area contributed by atoms with Crippen LogP contribution in [0.1, 0.15) is 26.2 Å². The molecule has 0 aromatic rings. The van der Waals surface area contributed by atoms with E-state index in [1.54, 1.807) is 0 Å². The van der Waals surface area contributed by atoms with Crippen LogP contribution in [0.15, 0.2) is 0 Å². The molecule has 0 aliphatic carbocycles. The SMILES string of the molecule is COC(=O)C[C@@H](C)NC[C@H]1CCCO1. The highest BCUT2D eigenvalue weighted by molar-refractivity contribution is 5.69.